The number of nitrogens with zero attached hydrogens (tertiary/aromatic N) is 3. The van der Waals surface area contributed by atoms with Crippen LogP contribution in [0.15, 0.2) is 48.8 Å². The largest absolute Gasteiger partial charge is 0.399 e. The maximum Gasteiger partial charge on any atom is 0.153 e. The summed E-state index contributed by atoms with van der Waals surface area (Å²) < 4.78 is 1.70. The molecule has 2 heterocycles. The van der Waals surface area contributed by atoms with Crippen LogP contribution in [0, 0.1) is 11.8 Å². The molecule has 0 saturated carbocycles. The van der Waals surface area contributed by atoms with Gasteiger partial charge in [0.25, 0.3) is 0 Å². The highest BCUT2D eigenvalue weighted by molar-refractivity contribution is 5.47. The van der Waals surface area contributed by atoms with E-state index in [1.807, 2.05) is 36.4 Å². The molecule has 0 unspecified atom stereocenters. The molecule has 0 fully saturated rings. The van der Waals surface area contributed by atoms with Crippen molar-refractivity contribution in [2.45, 2.75) is 0 Å². The first-order valence-electron chi connectivity index (χ1n) is 5.49. The quantitative estimate of drug-likeness (QED) is 0.476. The highest BCUT2D eigenvalue weighted by Crippen LogP contribution is 2.04. The van der Waals surface area contributed by atoms with Gasteiger partial charge in [0.15, 0.2) is 5.65 Å². The minimum Gasteiger partial charge on any atom is -0.399 e. The molecule has 0 spiro atoms. The Morgan fingerprint density at radius 2 is 1.83 bits per heavy atom. The molecule has 4 nitrogen and oxygen atoms in total. The summed E-state index contributed by atoms with van der Waals surface area (Å²) in [4.78, 5) is 4.13. The summed E-state index contributed by atoms with van der Waals surface area (Å²) in [6, 6.07) is 11.2. The summed E-state index contributed by atoms with van der Waals surface area (Å²) in [5.41, 5.74) is 8.78. The Morgan fingerprint density at radius 1 is 1.00 bits per heavy atom. The molecule has 4 heteroatoms. The zero-order valence-electron chi connectivity index (χ0n) is 9.54. The van der Waals surface area contributed by atoms with Crippen LogP contribution >= 0.6 is 0 Å². The molecule has 0 saturated heterocycles. The van der Waals surface area contributed by atoms with E-state index in [0.717, 1.165) is 16.9 Å². The summed E-state index contributed by atoms with van der Waals surface area (Å²) in [6.07, 6.45) is 3.50. The lowest BCUT2D eigenvalue weighted by molar-refractivity contribution is 0.924. The van der Waals surface area contributed by atoms with E-state index in [9.17, 15) is 0 Å². The van der Waals surface area contributed by atoms with Crippen molar-refractivity contribution in [1.82, 2.24) is 14.6 Å². The number of benzene rings is 1. The average molecular weight is 234 g/mol. The maximum atomic E-state index is 5.61. The molecule has 3 rings (SSSR count). The third-order valence-electron chi connectivity index (χ3n) is 2.50. The van der Waals surface area contributed by atoms with Gasteiger partial charge in [-0.05, 0) is 42.3 Å². The van der Waals surface area contributed by atoms with E-state index < -0.39 is 0 Å². The number of fused-ring (bicyclic) bond motifs is 1. The van der Waals surface area contributed by atoms with E-state index in [0.29, 0.717) is 5.69 Å². The molecule has 3 aromatic rings. The highest BCUT2D eigenvalue weighted by Gasteiger charge is 1.95. The molecular formula is C14H10N4. The standard InChI is InChI=1S/C14H10N4/c15-12-4-1-11(2-5-12)3-6-13-7-8-14-16-9-10-18(14)17-13/h1-2,4-5,7-10H,15H2. The van der Waals surface area contributed by atoms with E-state index in [4.69, 9.17) is 5.73 Å². The second kappa shape index (κ2) is 4.22. The van der Waals surface area contributed by atoms with Crippen molar-refractivity contribution in [3.8, 4) is 11.8 Å². The van der Waals surface area contributed by atoms with Gasteiger partial charge in [0.1, 0.15) is 5.69 Å². The number of hydrogen-bond donors (Lipinski definition) is 1. The van der Waals surface area contributed by atoms with Crippen molar-refractivity contribution in [2.75, 3.05) is 5.73 Å². The van der Waals surface area contributed by atoms with Gasteiger partial charge in [-0.25, -0.2) is 9.50 Å². The summed E-state index contributed by atoms with van der Waals surface area (Å²) in [5, 5.41) is 4.32. The SMILES string of the molecule is Nc1ccc(C#Cc2ccc3nccn3n2)cc1. The number of rotatable bonds is 0. The van der Waals surface area contributed by atoms with Crippen LogP contribution in [0.1, 0.15) is 11.3 Å². The minimum absolute atomic E-state index is 0.706. The second-order valence-electron chi connectivity index (χ2n) is 3.82. The molecule has 0 bridgehead atoms. The molecule has 0 aliphatic carbocycles. The van der Waals surface area contributed by atoms with Crippen LogP contribution in [0.3, 0.4) is 0 Å². The van der Waals surface area contributed by atoms with Crippen LogP contribution in [0.5, 0.6) is 0 Å². The number of aromatic nitrogens is 3. The fraction of sp³-hybridized carbons (Fsp3) is 0. The van der Waals surface area contributed by atoms with Crippen molar-refractivity contribution in [3.63, 3.8) is 0 Å². The molecule has 0 aliphatic heterocycles. The van der Waals surface area contributed by atoms with Gasteiger partial charge in [-0.3, -0.25) is 0 Å². The van der Waals surface area contributed by atoms with Gasteiger partial charge in [-0.1, -0.05) is 5.92 Å². The Labute approximate surface area is 104 Å². The lowest BCUT2D eigenvalue weighted by atomic mass is 10.2. The summed E-state index contributed by atoms with van der Waals surface area (Å²) in [6.45, 7) is 0. The topological polar surface area (TPSA) is 56.2 Å². The Morgan fingerprint density at radius 3 is 2.67 bits per heavy atom. The normalized spacial score (nSPS) is 10.0. The molecule has 0 aliphatic rings. The van der Waals surface area contributed by atoms with E-state index in [1.165, 1.54) is 0 Å². The number of nitrogens with two attached hydrogens (primary N) is 1. The number of hydrogen-bond acceptors (Lipinski definition) is 3. The van der Waals surface area contributed by atoms with E-state index in [-0.39, 0.29) is 0 Å². The molecule has 1 aromatic carbocycles. The number of anilines is 1. The summed E-state index contributed by atoms with van der Waals surface area (Å²) in [7, 11) is 0. The maximum absolute atomic E-state index is 5.61. The van der Waals surface area contributed by atoms with Crippen molar-refractivity contribution in [2.24, 2.45) is 0 Å². The molecular weight excluding hydrogens is 224 g/mol. The van der Waals surface area contributed by atoms with Crippen LogP contribution in [0.4, 0.5) is 5.69 Å². The molecule has 0 amide bonds. The molecule has 18 heavy (non-hydrogen) atoms. The third kappa shape index (κ3) is 2.02. The molecule has 0 radical (unpaired) electrons. The Hall–Kier alpha value is -2.80. The first-order valence-corrected chi connectivity index (χ1v) is 5.49. The molecule has 2 aromatic heterocycles. The first-order chi connectivity index (χ1) is 8.81. The summed E-state index contributed by atoms with van der Waals surface area (Å²) in [5.74, 6) is 6.06. The zero-order chi connectivity index (χ0) is 12.4. The van der Waals surface area contributed by atoms with Crippen molar-refractivity contribution in [3.05, 3.63) is 60.0 Å². The fourth-order valence-corrected chi connectivity index (χ4v) is 1.58. The van der Waals surface area contributed by atoms with Crippen LogP contribution < -0.4 is 5.73 Å². The van der Waals surface area contributed by atoms with Gasteiger partial charge in [0.05, 0.1) is 0 Å². The van der Waals surface area contributed by atoms with Gasteiger partial charge in [0.2, 0.25) is 0 Å². The van der Waals surface area contributed by atoms with Crippen molar-refractivity contribution < 1.29 is 0 Å². The monoisotopic (exact) mass is 234 g/mol. The summed E-state index contributed by atoms with van der Waals surface area (Å²) >= 11 is 0. The first kappa shape index (κ1) is 10.4. The average Bonchev–Trinajstić information content (AvgIpc) is 2.85. The minimum atomic E-state index is 0.706. The van der Waals surface area contributed by atoms with E-state index >= 15 is 0 Å². The van der Waals surface area contributed by atoms with Crippen LogP contribution in [0.2, 0.25) is 0 Å². The van der Waals surface area contributed by atoms with Crippen molar-refractivity contribution in [1.29, 1.82) is 0 Å². The van der Waals surface area contributed by atoms with Gasteiger partial charge >= 0.3 is 0 Å². The van der Waals surface area contributed by atoms with Crippen LogP contribution in [-0.2, 0) is 0 Å². The Bertz CT molecular complexity index is 745. The van der Waals surface area contributed by atoms with E-state index in [2.05, 4.69) is 21.9 Å². The zero-order valence-corrected chi connectivity index (χ0v) is 9.54. The smallest absolute Gasteiger partial charge is 0.153 e. The molecule has 86 valence electrons. The fourth-order valence-electron chi connectivity index (χ4n) is 1.58. The van der Waals surface area contributed by atoms with Gasteiger partial charge in [0, 0.05) is 23.6 Å². The predicted octanol–water partition coefficient (Wildman–Crippen LogP) is 1.71. The lowest BCUT2D eigenvalue weighted by Gasteiger charge is -1.93. The van der Waals surface area contributed by atoms with Gasteiger partial charge in [-0.15, -0.1) is 0 Å². The number of imidazole rings is 1. The van der Waals surface area contributed by atoms with Crippen LogP contribution in [-0.4, -0.2) is 14.6 Å². The van der Waals surface area contributed by atoms with Crippen LogP contribution in [0.25, 0.3) is 5.65 Å². The molecule has 2 N–H and O–H groups in total. The lowest BCUT2D eigenvalue weighted by Crippen LogP contribution is -1.92. The van der Waals surface area contributed by atoms with Gasteiger partial charge in [-0.2, -0.15) is 5.10 Å². The third-order valence-corrected chi connectivity index (χ3v) is 2.50. The predicted molar refractivity (Wildman–Crippen MR) is 69.8 cm³/mol. The Balaban J connectivity index is 1.94. The van der Waals surface area contributed by atoms with E-state index in [1.54, 1.807) is 16.9 Å². The van der Waals surface area contributed by atoms with Crippen molar-refractivity contribution >= 4 is 11.3 Å². The van der Waals surface area contributed by atoms with Gasteiger partial charge < -0.3 is 5.73 Å². The molecule has 0 atom stereocenters. The highest BCUT2D eigenvalue weighted by atomic mass is 15.2. The number of nitrogen functional groups attached to an aromatic ring is 1. The second-order valence-corrected chi connectivity index (χ2v) is 3.82. The Kier molecular flexibility index (Phi) is 2.43.